The molecule has 0 saturated heterocycles. The Morgan fingerprint density at radius 1 is 1.38 bits per heavy atom. The van der Waals surface area contributed by atoms with Gasteiger partial charge in [-0.25, -0.2) is 0 Å². The molecule has 21 heavy (non-hydrogen) atoms. The molecule has 116 valence electrons. The zero-order valence-corrected chi connectivity index (χ0v) is 13.0. The summed E-state index contributed by atoms with van der Waals surface area (Å²) >= 11 is 6.12. The van der Waals surface area contributed by atoms with Crippen molar-refractivity contribution in [3.8, 4) is 11.5 Å². The number of aliphatic hydroxyl groups is 1. The van der Waals surface area contributed by atoms with Gasteiger partial charge >= 0.3 is 0 Å². The maximum Gasteiger partial charge on any atom is 0.254 e. The Morgan fingerprint density at radius 2 is 2.10 bits per heavy atom. The first-order valence-corrected chi connectivity index (χ1v) is 7.51. The molecule has 0 atom stereocenters. The Kier molecular flexibility index (Phi) is 5.31. The molecule has 0 aliphatic carbocycles. The van der Waals surface area contributed by atoms with Gasteiger partial charge in [-0.1, -0.05) is 25.4 Å². The zero-order valence-electron chi connectivity index (χ0n) is 12.3. The van der Waals surface area contributed by atoms with E-state index < -0.39 is 0 Å². The predicted molar refractivity (Wildman–Crippen MR) is 80.1 cm³/mol. The number of fused-ring (bicyclic) bond motifs is 1. The molecular weight excluding hydrogens is 294 g/mol. The number of rotatable bonds is 6. The molecule has 1 aromatic rings. The lowest BCUT2D eigenvalue weighted by Crippen LogP contribution is -2.41. The van der Waals surface area contributed by atoms with Gasteiger partial charge in [0, 0.05) is 18.2 Å². The molecule has 1 aromatic carbocycles. The van der Waals surface area contributed by atoms with E-state index in [0.29, 0.717) is 28.6 Å². The summed E-state index contributed by atoms with van der Waals surface area (Å²) in [4.78, 5) is 14.4. The highest BCUT2D eigenvalue weighted by Gasteiger charge is 2.26. The van der Waals surface area contributed by atoms with E-state index in [-0.39, 0.29) is 25.3 Å². The molecule has 0 aromatic heterocycles. The Morgan fingerprint density at radius 3 is 2.71 bits per heavy atom. The Hall–Kier alpha value is -1.46. The number of hydrogen-bond acceptors (Lipinski definition) is 4. The molecule has 6 heteroatoms. The predicted octanol–water partition coefficient (Wildman–Crippen LogP) is 2.69. The Balaban J connectivity index is 2.30. The van der Waals surface area contributed by atoms with Crippen molar-refractivity contribution in [2.24, 2.45) is 0 Å². The SMILES string of the molecule is CCC(CC)N(CCO)C(=O)c1cc(Cl)c2c(c1)OCO2. The summed E-state index contributed by atoms with van der Waals surface area (Å²) in [6.07, 6.45) is 1.67. The monoisotopic (exact) mass is 313 g/mol. The van der Waals surface area contributed by atoms with E-state index in [1.165, 1.54) is 0 Å². The highest BCUT2D eigenvalue weighted by Crippen LogP contribution is 2.40. The summed E-state index contributed by atoms with van der Waals surface area (Å²) in [5, 5.41) is 9.58. The number of carbonyl (C=O) groups is 1. The van der Waals surface area contributed by atoms with Crippen molar-refractivity contribution >= 4 is 17.5 Å². The maximum atomic E-state index is 12.7. The van der Waals surface area contributed by atoms with Crippen LogP contribution in [0, 0.1) is 0 Å². The van der Waals surface area contributed by atoms with Gasteiger partial charge in [-0.2, -0.15) is 0 Å². The molecule has 2 rings (SSSR count). The summed E-state index contributed by atoms with van der Waals surface area (Å²) in [6, 6.07) is 3.32. The quantitative estimate of drug-likeness (QED) is 0.877. The minimum atomic E-state index is -0.155. The zero-order chi connectivity index (χ0) is 15.4. The van der Waals surface area contributed by atoms with Crippen LogP contribution in [0.4, 0.5) is 0 Å². The first-order chi connectivity index (χ1) is 10.1. The second-order valence-electron chi connectivity index (χ2n) is 4.88. The molecule has 1 aliphatic rings. The van der Waals surface area contributed by atoms with Gasteiger partial charge in [0.15, 0.2) is 11.5 Å². The fourth-order valence-electron chi connectivity index (χ4n) is 2.54. The average molecular weight is 314 g/mol. The van der Waals surface area contributed by atoms with Crippen molar-refractivity contribution in [2.75, 3.05) is 19.9 Å². The van der Waals surface area contributed by atoms with Crippen LogP contribution in [0.5, 0.6) is 11.5 Å². The first kappa shape index (κ1) is 15.9. The number of aliphatic hydroxyl groups excluding tert-OH is 1. The number of halogens is 1. The van der Waals surface area contributed by atoms with E-state index >= 15 is 0 Å². The Labute approximate surface area is 129 Å². The molecular formula is C15H20ClNO4. The minimum Gasteiger partial charge on any atom is -0.454 e. The van der Waals surface area contributed by atoms with Gasteiger partial charge in [-0.05, 0) is 25.0 Å². The fourth-order valence-corrected chi connectivity index (χ4v) is 2.81. The first-order valence-electron chi connectivity index (χ1n) is 7.13. The fraction of sp³-hybridized carbons (Fsp3) is 0.533. The van der Waals surface area contributed by atoms with Gasteiger partial charge in [0.2, 0.25) is 6.79 Å². The van der Waals surface area contributed by atoms with Crippen molar-refractivity contribution < 1.29 is 19.4 Å². The number of ether oxygens (including phenoxy) is 2. The van der Waals surface area contributed by atoms with E-state index in [1.54, 1.807) is 17.0 Å². The van der Waals surface area contributed by atoms with Crippen LogP contribution in [0.25, 0.3) is 0 Å². The third-order valence-corrected chi connectivity index (χ3v) is 3.94. The topological polar surface area (TPSA) is 59.0 Å². The summed E-state index contributed by atoms with van der Waals surface area (Å²) in [5.41, 5.74) is 0.449. The van der Waals surface area contributed by atoms with E-state index in [9.17, 15) is 9.90 Å². The largest absolute Gasteiger partial charge is 0.454 e. The second-order valence-corrected chi connectivity index (χ2v) is 5.29. The smallest absolute Gasteiger partial charge is 0.254 e. The van der Waals surface area contributed by atoms with E-state index in [4.69, 9.17) is 21.1 Å². The highest BCUT2D eigenvalue weighted by atomic mass is 35.5. The van der Waals surface area contributed by atoms with Crippen LogP contribution in [-0.2, 0) is 0 Å². The van der Waals surface area contributed by atoms with Crippen LogP contribution in [0.15, 0.2) is 12.1 Å². The van der Waals surface area contributed by atoms with Crippen LogP contribution in [0.1, 0.15) is 37.0 Å². The maximum absolute atomic E-state index is 12.7. The molecule has 1 heterocycles. The lowest BCUT2D eigenvalue weighted by Gasteiger charge is -2.30. The molecule has 0 unspecified atom stereocenters. The standard InChI is InChI=1S/C15H20ClNO4/c1-3-11(4-2)17(5-6-18)15(19)10-7-12(16)14-13(8-10)20-9-21-14/h7-8,11,18H,3-6,9H2,1-2H3. The molecule has 5 nitrogen and oxygen atoms in total. The summed E-state index contributed by atoms with van der Waals surface area (Å²) in [6.45, 7) is 4.40. The highest BCUT2D eigenvalue weighted by molar-refractivity contribution is 6.32. The van der Waals surface area contributed by atoms with Gasteiger partial charge in [0.1, 0.15) is 0 Å². The molecule has 0 saturated carbocycles. The third kappa shape index (κ3) is 3.24. The summed E-state index contributed by atoms with van der Waals surface area (Å²) in [7, 11) is 0. The normalized spacial score (nSPS) is 12.8. The van der Waals surface area contributed by atoms with Crippen molar-refractivity contribution in [1.29, 1.82) is 0 Å². The third-order valence-electron chi connectivity index (χ3n) is 3.66. The van der Waals surface area contributed by atoms with Gasteiger partial charge < -0.3 is 19.5 Å². The number of benzene rings is 1. The minimum absolute atomic E-state index is 0.0689. The molecule has 1 amide bonds. The van der Waals surface area contributed by atoms with E-state index in [1.807, 2.05) is 13.8 Å². The number of hydrogen-bond donors (Lipinski definition) is 1. The summed E-state index contributed by atoms with van der Waals surface area (Å²) in [5.74, 6) is 0.807. The number of nitrogens with zero attached hydrogens (tertiary/aromatic N) is 1. The van der Waals surface area contributed by atoms with Crippen LogP contribution in [0.3, 0.4) is 0 Å². The van der Waals surface area contributed by atoms with Gasteiger partial charge in [0.25, 0.3) is 5.91 Å². The lowest BCUT2D eigenvalue weighted by molar-refractivity contribution is 0.0622. The Bertz CT molecular complexity index is 517. The van der Waals surface area contributed by atoms with Crippen molar-refractivity contribution in [3.05, 3.63) is 22.7 Å². The molecule has 0 radical (unpaired) electrons. The molecule has 1 N–H and O–H groups in total. The molecule has 0 fully saturated rings. The van der Waals surface area contributed by atoms with Crippen LogP contribution < -0.4 is 9.47 Å². The van der Waals surface area contributed by atoms with Gasteiger partial charge in [-0.15, -0.1) is 0 Å². The number of carbonyl (C=O) groups excluding carboxylic acids is 1. The van der Waals surface area contributed by atoms with E-state index in [2.05, 4.69) is 0 Å². The van der Waals surface area contributed by atoms with Crippen molar-refractivity contribution in [1.82, 2.24) is 4.90 Å². The number of amides is 1. The molecule has 0 spiro atoms. The lowest BCUT2D eigenvalue weighted by atomic mass is 10.1. The van der Waals surface area contributed by atoms with Crippen LogP contribution >= 0.6 is 11.6 Å². The van der Waals surface area contributed by atoms with Crippen LogP contribution in [-0.4, -0.2) is 41.9 Å². The van der Waals surface area contributed by atoms with Gasteiger partial charge in [0.05, 0.1) is 11.6 Å². The second kappa shape index (κ2) is 7.00. The van der Waals surface area contributed by atoms with E-state index in [0.717, 1.165) is 12.8 Å². The average Bonchev–Trinajstić information content (AvgIpc) is 2.95. The molecule has 1 aliphatic heterocycles. The summed E-state index contributed by atoms with van der Waals surface area (Å²) < 4.78 is 10.5. The van der Waals surface area contributed by atoms with Gasteiger partial charge in [-0.3, -0.25) is 4.79 Å². The van der Waals surface area contributed by atoms with Crippen LogP contribution in [0.2, 0.25) is 5.02 Å². The van der Waals surface area contributed by atoms with Crippen molar-refractivity contribution in [3.63, 3.8) is 0 Å². The van der Waals surface area contributed by atoms with Crippen molar-refractivity contribution in [2.45, 2.75) is 32.7 Å². The molecule has 0 bridgehead atoms.